The summed E-state index contributed by atoms with van der Waals surface area (Å²) in [6.07, 6.45) is 0. The van der Waals surface area contributed by atoms with E-state index in [1.165, 1.54) is 12.1 Å². The van der Waals surface area contributed by atoms with Crippen LogP contribution in [-0.4, -0.2) is 0 Å². The molecule has 1 nitrogen and oxygen atoms in total. The molecule has 0 unspecified atom stereocenters. The van der Waals surface area contributed by atoms with Crippen molar-refractivity contribution in [3.05, 3.63) is 58.9 Å². The fraction of sp³-hybridized carbons (Fsp3) is 0.0769. The van der Waals surface area contributed by atoms with Gasteiger partial charge in [0.15, 0.2) is 0 Å². The van der Waals surface area contributed by atoms with E-state index >= 15 is 0 Å². The molecule has 0 aliphatic heterocycles. The molecule has 0 aliphatic carbocycles. The van der Waals surface area contributed by atoms with Gasteiger partial charge in [-0.3, -0.25) is 0 Å². The Bertz CT molecular complexity index is 511. The molecule has 0 aromatic heterocycles. The van der Waals surface area contributed by atoms with Crippen LogP contribution in [0.15, 0.2) is 42.5 Å². The van der Waals surface area contributed by atoms with Crippen LogP contribution in [0.3, 0.4) is 0 Å². The molecule has 88 valence electrons. The van der Waals surface area contributed by atoms with Gasteiger partial charge in [-0.05, 0) is 36.4 Å². The topological polar surface area (TPSA) is 9.23 Å². The molecule has 0 saturated heterocycles. The fourth-order valence-corrected chi connectivity index (χ4v) is 1.97. The van der Waals surface area contributed by atoms with E-state index in [0.717, 1.165) is 5.56 Å². The van der Waals surface area contributed by atoms with Crippen LogP contribution in [-0.2, 0) is 5.88 Å². The first-order valence-corrected chi connectivity index (χ1v) is 5.88. The summed E-state index contributed by atoms with van der Waals surface area (Å²) >= 11 is 11.8. The van der Waals surface area contributed by atoms with Gasteiger partial charge in [0, 0.05) is 10.6 Å². The van der Waals surface area contributed by atoms with E-state index in [-0.39, 0.29) is 11.7 Å². The zero-order chi connectivity index (χ0) is 12.3. The van der Waals surface area contributed by atoms with Crippen LogP contribution in [0.5, 0.6) is 11.5 Å². The van der Waals surface area contributed by atoms with E-state index < -0.39 is 0 Å². The highest BCUT2D eigenvalue weighted by Gasteiger charge is 2.07. The SMILES string of the molecule is Fc1ccc(Oc2cccc(Cl)c2CCl)cc1. The van der Waals surface area contributed by atoms with Gasteiger partial charge in [0.25, 0.3) is 0 Å². The van der Waals surface area contributed by atoms with Crippen LogP contribution >= 0.6 is 23.2 Å². The summed E-state index contributed by atoms with van der Waals surface area (Å²) in [5.74, 6) is 1.08. The Morgan fingerprint density at radius 3 is 2.41 bits per heavy atom. The molecule has 0 atom stereocenters. The molecule has 0 fully saturated rings. The predicted octanol–water partition coefficient (Wildman–Crippen LogP) is 5.01. The van der Waals surface area contributed by atoms with Gasteiger partial charge in [0.2, 0.25) is 0 Å². The lowest BCUT2D eigenvalue weighted by Gasteiger charge is -2.10. The summed E-state index contributed by atoms with van der Waals surface area (Å²) < 4.78 is 18.3. The second kappa shape index (κ2) is 5.39. The van der Waals surface area contributed by atoms with Gasteiger partial charge < -0.3 is 4.74 Å². The molecule has 4 heteroatoms. The Labute approximate surface area is 109 Å². The molecule has 2 aromatic carbocycles. The maximum atomic E-state index is 12.7. The summed E-state index contributed by atoms with van der Waals surface area (Å²) in [6.45, 7) is 0. The molecular formula is C13H9Cl2FO. The Hall–Kier alpha value is -1.25. The lowest BCUT2D eigenvalue weighted by Crippen LogP contribution is -1.90. The third kappa shape index (κ3) is 2.90. The monoisotopic (exact) mass is 270 g/mol. The zero-order valence-corrected chi connectivity index (χ0v) is 10.3. The van der Waals surface area contributed by atoms with Gasteiger partial charge in [0.1, 0.15) is 17.3 Å². The minimum atomic E-state index is -0.305. The molecule has 0 amide bonds. The average molecular weight is 271 g/mol. The van der Waals surface area contributed by atoms with Gasteiger partial charge >= 0.3 is 0 Å². The maximum absolute atomic E-state index is 12.7. The van der Waals surface area contributed by atoms with Gasteiger partial charge in [-0.2, -0.15) is 0 Å². The number of halogens is 3. The number of hydrogen-bond acceptors (Lipinski definition) is 1. The summed E-state index contributed by atoms with van der Waals surface area (Å²) in [7, 11) is 0. The zero-order valence-electron chi connectivity index (χ0n) is 8.79. The Morgan fingerprint density at radius 2 is 1.76 bits per heavy atom. The molecule has 17 heavy (non-hydrogen) atoms. The molecule has 0 heterocycles. The highest BCUT2D eigenvalue weighted by atomic mass is 35.5. The van der Waals surface area contributed by atoms with Crippen molar-refractivity contribution in [2.45, 2.75) is 5.88 Å². The largest absolute Gasteiger partial charge is 0.457 e. The van der Waals surface area contributed by atoms with Crippen LogP contribution in [0, 0.1) is 5.82 Å². The first-order valence-electron chi connectivity index (χ1n) is 4.97. The summed E-state index contributed by atoms with van der Waals surface area (Å²) in [6, 6.07) is 11.1. The molecule has 0 spiro atoms. The second-order valence-corrected chi connectivity index (χ2v) is 4.08. The van der Waals surface area contributed by atoms with E-state index in [0.29, 0.717) is 16.5 Å². The van der Waals surface area contributed by atoms with Gasteiger partial charge in [-0.25, -0.2) is 4.39 Å². The molecule has 0 bridgehead atoms. The van der Waals surface area contributed by atoms with Crippen LogP contribution in [0.2, 0.25) is 5.02 Å². The van der Waals surface area contributed by atoms with Gasteiger partial charge in [0.05, 0.1) is 5.88 Å². The molecule has 2 rings (SSSR count). The first kappa shape index (κ1) is 12.2. The molecule has 0 aliphatic rings. The molecule has 0 radical (unpaired) electrons. The second-order valence-electron chi connectivity index (χ2n) is 3.41. The van der Waals surface area contributed by atoms with Crippen molar-refractivity contribution >= 4 is 23.2 Å². The van der Waals surface area contributed by atoms with Crippen LogP contribution in [0.4, 0.5) is 4.39 Å². The molecule has 2 aromatic rings. The number of ether oxygens (including phenoxy) is 1. The van der Waals surface area contributed by atoms with E-state index in [1.54, 1.807) is 30.3 Å². The normalized spacial score (nSPS) is 10.3. The number of benzene rings is 2. The van der Waals surface area contributed by atoms with Crippen LogP contribution in [0.25, 0.3) is 0 Å². The third-order valence-electron chi connectivity index (χ3n) is 2.25. The van der Waals surface area contributed by atoms with Gasteiger partial charge in [-0.15, -0.1) is 11.6 Å². The van der Waals surface area contributed by atoms with Crippen LogP contribution < -0.4 is 4.74 Å². The van der Waals surface area contributed by atoms with E-state index in [2.05, 4.69) is 0 Å². The highest BCUT2D eigenvalue weighted by molar-refractivity contribution is 6.32. The Balaban J connectivity index is 2.29. The van der Waals surface area contributed by atoms with Crippen molar-refractivity contribution in [2.24, 2.45) is 0 Å². The average Bonchev–Trinajstić information content (AvgIpc) is 2.32. The standard InChI is InChI=1S/C13H9Cl2FO/c14-8-11-12(15)2-1-3-13(11)17-10-6-4-9(16)5-7-10/h1-7H,8H2. The number of alkyl halides is 1. The van der Waals surface area contributed by atoms with Crippen LogP contribution in [0.1, 0.15) is 5.56 Å². The Morgan fingerprint density at radius 1 is 1.06 bits per heavy atom. The molecule has 0 N–H and O–H groups in total. The predicted molar refractivity (Wildman–Crippen MR) is 67.5 cm³/mol. The lowest BCUT2D eigenvalue weighted by atomic mass is 10.2. The highest BCUT2D eigenvalue weighted by Crippen LogP contribution is 2.31. The first-order chi connectivity index (χ1) is 8.20. The van der Waals surface area contributed by atoms with Crippen molar-refractivity contribution < 1.29 is 9.13 Å². The number of rotatable bonds is 3. The van der Waals surface area contributed by atoms with Gasteiger partial charge in [-0.1, -0.05) is 17.7 Å². The van der Waals surface area contributed by atoms with Crippen molar-refractivity contribution in [2.75, 3.05) is 0 Å². The van der Waals surface area contributed by atoms with Crippen molar-refractivity contribution in [3.63, 3.8) is 0 Å². The summed E-state index contributed by atoms with van der Waals surface area (Å²) in [5.41, 5.74) is 0.722. The maximum Gasteiger partial charge on any atom is 0.133 e. The molecule has 0 saturated carbocycles. The van der Waals surface area contributed by atoms with Crippen molar-refractivity contribution in [1.29, 1.82) is 0 Å². The minimum absolute atomic E-state index is 0.260. The summed E-state index contributed by atoms with van der Waals surface area (Å²) in [5, 5.41) is 0.555. The van der Waals surface area contributed by atoms with E-state index in [4.69, 9.17) is 27.9 Å². The molecular weight excluding hydrogens is 262 g/mol. The Kier molecular flexibility index (Phi) is 3.87. The van der Waals surface area contributed by atoms with Crippen molar-refractivity contribution in [1.82, 2.24) is 0 Å². The van der Waals surface area contributed by atoms with E-state index in [9.17, 15) is 4.39 Å². The number of hydrogen-bond donors (Lipinski definition) is 0. The van der Waals surface area contributed by atoms with E-state index in [1.807, 2.05) is 0 Å². The lowest BCUT2D eigenvalue weighted by molar-refractivity contribution is 0.476. The quantitative estimate of drug-likeness (QED) is 0.713. The van der Waals surface area contributed by atoms with Crippen molar-refractivity contribution in [3.8, 4) is 11.5 Å². The summed E-state index contributed by atoms with van der Waals surface area (Å²) in [4.78, 5) is 0. The minimum Gasteiger partial charge on any atom is -0.457 e. The smallest absolute Gasteiger partial charge is 0.133 e. The third-order valence-corrected chi connectivity index (χ3v) is 2.87. The fourth-order valence-electron chi connectivity index (χ4n) is 1.39.